The molecular weight excluding hydrogens is 216 g/mol. The van der Waals surface area contributed by atoms with Crippen LogP contribution in [0.4, 0.5) is 0 Å². The molecule has 1 unspecified atom stereocenters. The van der Waals surface area contributed by atoms with Crippen molar-refractivity contribution < 1.29 is 14.7 Å². The Hall–Kier alpha value is -1.35. The highest BCUT2D eigenvalue weighted by atomic mass is 35.5. The predicted octanol–water partition coefficient (Wildman–Crippen LogP) is 2.12. The number of benzene rings is 1. The lowest BCUT2D eigenvalue weighted by atomic mass is 10.1. The first-order chi connectivity index (χ1) is 7.00. The first-order valence-corrected chi connectivity index (χ1v) is 4.91. The van der Waals surface area contributed by atoms with Crippen molar-refractivity contribution in [1.82, 2.24) is 0 Å². The maximum Gasteiger partial charge on any atom is 0.321 e. The molecule has 1 aromatic rings. The summed E-state index contributed by atoms with van der Waals surface area (Å²) >= 11 is 5.59. The molecular formula is C11H11ClO3. The summed E-state index contributed by atoms with van der Waals surface area (Å²) in [6, 6.07) is 6.77. The van der Waals surface area contributed by atoms with Gasteiger partial charge in [0.05, 0.1) is 0 Å². The van der Waals surface area contributed by atoms with E-state index in [1.54, 1.807) is 24.3 Å². The van der Waals surface area contributed by atoms with E-state index in [1.165, 1.54) is 6.92 Å². The van der Waals surface area contributed by atoms with Crippen LogP contribution in [-0.4, -0.2) is 22.2 Å². The molecule has 0 aliphatic carbocycles. The Kier molecular flexibility index (Phi) is 3.86. The molecule has 4 heteroatoms. The third-order valence-electron chi connectivity index (χ3n) is 2.04. The van der Waals surface area contributed by atoms with Gasteiger partial charge < -0.3 is 5.11 Å². The highest BCUT2D eigenvalue weighted by Gasteiger charge is 2.13. The van der Waals surface area contributed by atoms with Crippen molar-refractivity contribution in [3.05, 3.63) is 35.4 Å². The van der Waals surface area contributed by atoms with Crippen LogP contribution in [0.1, 0.15) is 22.8 Å². The zero-order valence-electron chi connectivity index (χ0n) is 8.24. The van der Waals surface area contributed by atoms with Crippen molar-refractivity contribution in [2.24, 2.45) is 0 Å². The molecule has 0 heterocycles. The standard InChI is InChI=1S/C11H11ClO3/c1-7(13)9-4-2-8(3-5-9)6-10(12)11(14)15/h2-5,10H,6H2,1H3,(H,14,15). The van der Waals surface area contributed by atoms with E-state index >= 15 is 0 Å². The van der Waals surface area contributed by atoms with Gasteiger partial charge in [-0.3, -0.25) is 9.59 Å². The van der Waals surface area contributed by atoms with Crippen LogP contribution in [0.25, 0.3) is 0 Å². The Labute approximate surface area is 92.7 Å². The normalized spacial score (nSPS) is 12.1. The number of carboxylic acid groups (broad SMARTS) is 1. The Bertz CT molecular complexity index is 370. The summed E-state index contributed by atoms with van der Waals surface area (Å²) in [5.74, 6) is -1.05. The van der Waals surface area contributed by atoms with E-state index in [-0.39, 0.29) is 12.2 Å². The van der Waals surface area contributed by atoms with Crippen LogP contribution in [0.3, 0.4) is 0 Å². The molecule has 0 saturated heterocycles. The second-order valence-electron chi connectivity index (χ2n) is 3.26. The molecule has 1 N–H and O–H groups in total. The third-order valence-corrected chi connectivity index (χ3v) is 2.38. The first kappa shape index (κ1) is 11.7. The summed E-state index contributed by atoms with van der Waals surface area (Å²) in [4.78, 5) is 21.5. The summed E-state index contributed by atoms with van der Waals surface area (Å²) in [6.07, 6.45) is 0.259. The summed E-state index contributed by atoms with van der Waals surface area (Å²) in [6.45, 7) is 1.48. The molecule has 0 fully saturated rings. The number of rotatable bonds is 4. The fourth-order valence-electron chi connectivity index (χ4n) is 1.17. The number of carbonyl (C=O) groups excluding carboxylic acids is 1. The SMILES string of the molecule is CC(=O)c1ccc(CC(Cl)C(=O)O)cc1. The fraction of sp³-hybridized carbons (Fsp3) is 0.273. The van der Waals surface area contributed by atoms with Crippen molar-refractivity contribution in [3.8, 4) is 0 Å². The Morgan fingerprint density at radius 2 is 1.87 bits per heavy atom. The van der Waals surface area contributed by atoms with Crippen LogP contribution in [0.2, 0.25) is 0 Å². The van der Waals surface area contributed by atoms with Gasteiger partial charge in [-0.2, -0.15) is 0 Å². The van der Waals surface area contributed by atoms with Crippen LogP contribution >= 0.6 is 11.6 Å². The van der Waals surface area contributed by atoms with Gasteiger partial charge in [-0.1, -0.05) is 24.3 Å². The van der Waals surface area contributed by atoms with E-state index in [0.717, 1.165) is 5.56 Å². The second kappa shape index (κ2) is 4.94. The zero-order chi connectivity index (χ0) is 11.4. The number of ketones is 1. The predicted molar refractivity (Wildman–Crippen MR) is 57.4 cm³/mol. The largest absolute Gasteiger partial charge is 0.480 e. The molecule has 0 spiro atoms. The Morgan fingerprint density at radius 1 is 1.33 bits per heavy atom. The van der Waals surface area contributed by atoms with Crippen LogP contribution in [0, 0.1) is 0 Å². The highest BCUT2D eigenvalue weighted by molar-refractivity contribution is 6.29. The minimum atomic E-state index is -1.03. The van der Waals surface area contributed by atoms with Crippen LogP contribution in [0.15, 0.2) is 24.3 Å². The number of alkyl halides is 1. The average molecular weight is 227 g/mol. The van der Waals surface area contributed by atoms with Crippen molar-refractivity contribution in [1.29, 1.82) is 0 Å². The number of carbonyl (C=O) groups is 2. The molecule has 0 aliphatic heterocycles. The molecule has 3 nitrogen and oxygen atoms in total. The highest BCUT2D eigenvalue weighted by Crippen LogP contribution is 2.10. The van der Waals surface area contributed by atoms with E-state index in [2.05, 4.69) is 0 Å². The maximum atomic E-state index is 11.0. The minimum absolute atomic E-state index is 0.0118. The molecule has 1 atom stereocenters. The quantitative estimate of drug-likeness (QED) is 0.632. The summed E-state index contributed by atoms with van der Waals surface area (Å²) < 4.78 is 0. The summed E-state index contributed by atoms with van der Waals surface area (Å²) in [5, 5.41) is 7.68. The van der Waals surface area contributed by atoms with E-state index in [4.69, 9.17) is 16.7 Å². The number of carboxylic acids is 1. The molecule has 0 radical (unpaired) electrons. The Morgan fingerprint density at radius 3 is 2.27 bits per heavy atom. The van der Waals surface area contributed by atoms with E-state index in [9.17, 15) is 9.59 Å². The van der Waals surface area contributed by atoms with Crippen LogP contribution in [0.5, 0.6) is 0 Å². The smallest absolute Gasteiger partial charge is 0.321 e. The molecule has 1 aromatic carbocycles. The van der Waals surface area contributed by atoms with Gasteiger partial charge in [-0.15, -0.1) is 11.6 Å². The first-order valence-electron chi connectivity index (χ1n) is 4.47. The van der Waals surface area contributed by atoms with Crippen molar-refractivity contribution in [2.45, 2.75) is 18.7 Å². The van der Waals surface area contributed by atoms with Gasteiger partial charge in [0.15, 0.2) is 5.78 Å². The van der Waals surface area contributed by atoms with Crippen molar-refractivity contribution in [3.63, 3.8) is 0 Å². The molecule has 80 valence electrons. The molecule has 0 bridgehead atoms. The van der Waals surface area contributed by atoms with Gasteiger partial charge in [0.2, 0.25) is 0 Å². The number of hydrogen-bond acceptors (Lipinski definition) is 2. The second-order valence-corrected chi connectivity index (χ2v) is 3.79. The minimum Gasteiger partial charge on any atom is -0.480 e. The summed E-state index contributed by atoms with van der Waals surface area (Å²) in [7, 11) is 0. The molecule has 0 aliphatic rings. The van der Waals surface area contributed by atoms with Gasteiger partial charge in [0, 0.05) is 5.56 Å². The van der Waals surface area contributed by atoms with Gasteiger partial charge in [0.1, 0.15) is 5.38 Å². The van der Waals surface area contributed by atoms with Gasteiger partial charge >= 0.3 is 5.97 Å². The molecule has 0 aromatic heterocycles. The average Bonchev–Trinajstić information content (AvgIpc) is 2.18. The van der Waals surface area contributed by atoms with Crippen molar-refractivity contribution in [2.75, 3.05) is 0 Å². The maximum absolute atomic E-state index is 11.0. The fourth-order valence-corrected chi connectivity index (χ4v) is 1.35. The number of halogens is 1. The van der Waals surface area contributed by atoms with Crippen LogP contribution in [-0.2, 0) is 11.2 Å². The molecule has 0 amide bonds. The van der Waals surface area contributed by atoms with E-state index in [1.807, 2.05) is 0 Å². The number of hydrogen-bond donors (Lipinski definition) is 1. The summed E-state index contributed by atoms with van der Waals surface area (Å²) in [5.41, 5.74) is 1.42. The Balaban J connectivity index is 2.72. The lowest BCUT2D eigenvalue weighted by Gasteiger charge is -2.04. The number of Topliss-reactive ketones (excluding diaryl/α,β-unsaturated/α-hetero) is 1. The van der Waals surface area contributed by atoms with Gasteiger partial charge in [-0.25, -0.2) is 0 Å². The van der Waals surface area contributed by atoms with Crippen LogP contribution < -0.4 is 0 Å². The van der Waals surface area contributed by atoms with Gasteiger partial charge in [-0.05, 0) is 18.9 Å². The topological polar surface area (TPSA) is 54.4 Å². The lowest BCUT2D eigenvalue weighted by molar-refractivity contribution is -0.136. The monoisotopic (exact) mass is 226 g/mol. The van der Waals surface area contributed by atoms with Gasteiger partial charge in [0.25, 0.3) is 0 Å². The molecule has 15 heavy (non-hydrogen) atoms. The van der Waals surface area contributed by atoms with E-state index in [0.29, 0.717) is 5.56 Å². The zero-order valence-corrected chi connectivity index (χ0v) is 8.99. The number of aliphatic carboxylic acids is 1. The lowest BCUT2D eigenvalue weighted by Crippen LogP contribution is -2.15. The third kappa shape index (κ3) is 3.36. The molecule has 1 rings (SSSR count). The van der Waals surface area contributed by atoms with Crippen molar-refractivity contribution >= 4 is 23.4 Å². The molecule has 0 saturated carbocycles. The van der Waals surface area contributed by atoms with E-state index < -0.39 is 11.3 Å².